The minimum Gasteiger partial charge on any atom is -0.481 e. The molecule has 1 unspecified atom stereocenters. The third-order valence-electron chi connectivity index (χ3n) is 5.24. The van der Waals surface area contributed by atoms with E-state index in [-0.39, 0.29) is 11.5 Å². The van der Waals surface area contributed by atoms with Crippen molar-refractivity contribution < 1.29 is 64.1 Å². The lowest BCUT2D eigenvalue weighted by atomic mass is 9.60. The van der Waals surface area contributed by atoms with Gasteiger partial charge in [-0.2, -0.15) is 0 Å². The third kappa shape index (κ3) is 3.85. The van der Waals surface area contributed by atoms with Crippen LogP contribution in [0.1, 0.15) is 33.2 Å². The molecule has 34 heavy (non-hydrogen) atoms. The number of carboxylic acids is 6. The number of ether oxygens (including phenoxy) is 1. The molecule has 2 aromatic rings. The number of rotatable bonds is 10. The van der Waals surface area contributed by atoms with E-state index in [1.807, 2.05) is 0 Å². The van der Waals surface area contributed by atoms with Gasteiger partial charge in [0.05, 0.1) is 11.1 Å². The van der Waals surface area contributed by atoms with E-state index in [1.165, 1.54) is 6.07 Å². The summed E-state index contributed by atoms with van der Waals surface area (Å²) >= 11 is 0. The highest BCUT2D eigenvalue weighted by Gasteiger charge is 2.71. The summed E-state index contributed by atoms with van der Waals surface area (Å²) in [6, 6.07) is 7.10. The predicted octanol–water partition coefficient (Wildman–Crippen LogP) is 1.46. The van der Waals surface area contributed by atoms with Gasteiger partial charge >= 0.3 is 35.8 Å². The van der Waals surface area contributed by atoms with Gasteiger partial charge in [-0.15, -0.1) is 0 Å². The summed E-state index contributed by atoms with van der Waals surface area (Å²) < 4.78 is 5.42. The molecule has 0 radical (unpaired) electrons. The second-order valence-electron chi connectivity index (χ2n) is 7.04. The number of aliphatic carboxylic acids is 4. The van der Waals surface area contributed by atoms with E-state index in [0.717, 1.165) is 36.4 Å². The Bertz CT molecular complexity index is 1190. The Labute approximate surface area is 189 Å². The fourth-order valence-electron chi connectivity index (χ4n) is 3.37. The molecule has 0 aliphatic rings. The number of benzene rings is 2. The van der Waals surface area contributed by atoms with Crippen molar-refractivity contribution in [2.75, 3.05) is 0 Å². The van der Waals surface area contributed by atoms with Gasteiger partial charge in [-0.1, -0.05) is 12.1 Å². The largest absolute Gasteiger partial charge is 0.481 e. The van der Waals surface area contributed by atoms with Gasteiger partial charge in [0.2, 0.25) is 0 Å². The Hall–Kier alpha value is -4.94. The van der Waals surface area contributed by atoms with Crippen molar-refractivity contribution in [1.82, 2.24) is 0 Å². The molecule has 13 heteroatoms. The first kappa shape index (κ1) is 25.3. The fraction of sp³-hybridized carbons (Fsp3) is 0.143. The second kappa shape index (κ2) is 8.90. The molecular formula is C21H16O13. The van der Waals surface area contributed by atoms with Crippen molar-refractivity contribution in [1.29, 1.82) is 0 Å². The minimum atomic E-state index is -3.84. The molecule has 2 aromatic carbocycles. The fourth-order valence-corrected chi connectivity index (χ4v) is 3.37. The zero-order chi connectivity index (χ0) is 26.0. The minimum absolute atomic E-state index is 0.211. The monoisotopic (exact) mass is 476 g/mol. The molecule has 0 saturated heterocycles. The lowest BCUT2D eigenvalue weighted by Gasteiger charge is -2.36. The number of carboxylic acid groups (broad SMARTS) is 6. The Kier molecular flexibility index (Phi) is 6.63. The van der Waals surface area contributed by atoms with Crippen LogP contribution in [0.2, 0.25) is 0 Å². The van der Waals surface area contributed by atoms with E-state index in [2.05, 4.69) is 0 Å². The van der Waals surface area contributed by atoms with Crippen molar-refractivity contribution in [2.45, 2.75) is 12.3 Å². The lowest BCUT2D eigenvalue weighted by Crippen LogP contribution is -2.62. The highest BCUT2D eigenvalue weighted by Crippen LogP contribution is 2.45. The molecule has 0 heterocycles. The first-order chi connectivity index (χ1) is 15.7. The highest BCUT2D eigenvalue weighted by atomic mass is 16.5. The van der Waals surface area contributed by atoms with Crippen LogP contribution in [-0.2, 0) is 24.6 Å². The van der Waals surface area contributed by atoms with Crippen LogP contribution in [0.15, 0.2) is 42.5 Å². The van der Waals surface area contributed by atoms with Crippen LogP contribution < -0.4 is 4.74 Å². The molecule has 6 N–H and O–H groups in total. The molecule has 0 fully saturated rings. The van der Waals surface area contributed by atoms with Crippen LogP contribution in [-0.4, -0.2) is 66.5 Å². The summed E-state index contributed by atoms with van der Waals surface area (Å²) in [7, 11) is 0. The molecule has 2 rings (SSSR count). The Morgan fingerprint density at radius 2 is 1.15 bits per heavy atom. The SMILES string of the molecule is CC(C(=O)O)(c1cccc(Oc2ccc(C(=O)O)c(C(=O)O)c2)c1)C(C(=O)O)(C(=O)O)C(=O)O. The molecular weight excluding hydrogens is 460 g/mol. The van der Waals surface area contributed by atoms with Crippen molar-refractivity contribution in [2.24, 2.45) is 5.41 Å². The average Bonchev–Trinajstić information content (AvgIpc) is 2.72. The Morgan fingerprint density at radius 3 is 1.59 bits per heavy atom. The van der Waals surface area contributed by atoms with Gasteiger partial charge in [-0.05, 0) is 42.8 Å². The molecule has 13 nitrogen and oxygen atoms in total. The Morgan fingerprint density at radius 1 is 0.647 bits per heavy atom. The molecule has 0 saturated carbocycles. The number of aromatic carboxylic acids is 2. The number of hydrogen-bond acceptors (Lipinski definition) is 7. The van der Waals surface area contributed by atoms with Crippen LogP contribution >= 0.6 is 0 Å². The van der Waals surface area contributed by atoms with Gasteiger partial charge < -0.3 is 35.4 Å². The maximum Gasteiger partial charge on any atom is 0.336 e. The van der Waals surface area contributed by atoms with Crippen LogP contribution in [0.25, 0.3) is 0 Å². The zero-order valence-electron chi connectivity index (χ0n) is 17.1. The van der Waals surface area contributed by atoms with E-state index in [0.29, 0.717) is 6.92 Å². The summed E-state index contributed by atoms with van der Waals surface area (Å²) in [5.41, 5.74) is -8.61. The number of hydrogen-bond donors (Lipinski definition) is 6. The van der Waals surface area contributed by atoms with Crippen LogP contribution in [0.5, 0.6) is 11.5 Å². The summed E-state index contributed by atoms with van der Waals surface area (Å²) in [5, 5.41) is 56.6. The molecule has 0 aliphatic heterocycles. The molecule has 1 atom stereocenters. The van der Waals surface area contributed by atoms with Gasteiger partial charge in [0.25, 0.3) is 5.41 Å². The third-order valence-corrected chi connectivity index (χ3v) is 5.24. The molecule has 0 amide bonds. The molecule has 0 aromatic heterocycles. The molecule has 0 spiro atoms. The van der Waals surface area contributed by atoms with Gasteiger partial charge in [0.1, 0.15) is 16.9 Å². The van der Waals surface area contributed by atoms with Crippen LogP contribution in [0, 0.1) is 5.41 Å². The summed E-state index contributed by atoms with van der Waals surface area (Å²) in [6.07, 6.45) is 0. The van der Waals surface area contributed by atoms with E-state index in [4.69, 9.17) is 9.84 Å². The van der Waals surface area contributed by atoms with E-state index in [9.17, 15) is 54.3 Å². The zero-order valence-corrected chi connectivity index (χ0v) is 17.1. The first-order valence-electron chi connectivity index (χ1n) is 9.03. The molecule has 0 bridgehead atoms. The average molecular weight is 476 g/mol. The van der Waals surface area contributed by atoms with Crippen LogP contribution in [0.3, 0.4) is 0 Å². The first-order valence-corrected chi connectivity index (χ1v) is 9.03. The maximum absolute atomic E-state index is 12.1. The summed E-state index contributed by atoms with van der Waals surface area (Å²) in [4.78, 5) is 70.1. The van der Waals surface area contributed by atoms with Crippen LogP contribution in [0.4, 0.5) is 0 Å². The summed E-state index contributed by atoms with van der Waals surface area (Å²) in [6.45, 7) is 0.620. The standard InChI is InChI=1S/C21H16O13/c1-20(16(26)27,21(17(28)29,18(30)31)19(32)33)9-3-2-4-10(7-9)34-11-5-6-12(14(22)23)13(8-11)15(24)25/h2-8H,1H3,(H,22,23)(H,24,25)(H,26,27)(H,28,29)(H,30,31)(H,32,33). The maximum atomic E-state index is 12.1. The Balaban J connectivity index is 2.68. The van der Waals surface area contributed by atoms with E-state index < -0.39 is 63.3 Å². The topological polar surface area (TPSA) is 233 Å². The molecule has 178 valence electrons. The number of carbonyl (C=O) groups is 6. The van der Waals surface area contributed by atoms with Crippen molar-refractivity contribution in [3.05, 3.63) is 59.2 Å². The van der Waals surface area contributed by atoms with E-state index in [1.54, 1.807) is 0 Å². The van der Waals surface area contributed by atoms with E-state index >= 15 is 0 Å². The smallest absolute Gasteiger partial charge is 0.336 e. The van der Waals surface area contributed by atoms with Crippen molar-refractivity contribution in [3.8, 4) is 11.5 Å². The molecule has 0 aliphatic carbocycles. The summed E-state index contributed by atoms with van der Waals surface area (Å²) in [5.74, 6) is -12.9. The predicted molar refractivity (Wildman–Crippen MR) is 107 cm³/mol. The van der Waals surface area contributed by atoms with Gasteiger partial charge in [0, 0.05) is 0 Å². The quantitative estimate of drug-likeness (QED) is 0.267. The van der Waals surface area contributed by atoms with Gasteiger partial charge in [-0.25, -0.2) is 9.59 Å². The highest BCUT2D eigenvalue weighted by molar-refractivity contribution is 6.21. The second-order valence-corrected chi connectivity index (χ2v) is 7.04. The van der Waals surface area contributed by atoms with Crippen molar-refractivity contribution in [3.63, 3.8) is 0 Å². The normalized spacial score (nSPS) is 12.7. The van der Waals surface area contributed by atoms with Gasteiger partial charge in [-0.3, -0.25) is 19.2 Å². The van der Waals surface area contributed by atoms with Crippen molar-refractivity contribution >= 4 is 35.8 Å². The lowest BCUT2D eigenvalue weighted by molar-refractivity contribution is -0.187. The van der Waals surface area contributed by atoms with Gasteiger partial charge in [0.15, 0.2) is 0 Å².